The number of benzene rings is 17. The summed E-state index contributed by atoms with van der Waals surface area (Å²) in [7, 11) is 0. The molecule has 9 heteroatoms. The summed E-state index contributed by atoms with van der Waals surface area (Å²) in [6.07, 6.45) is 4.58. The summed E-state index contributed by atoms with van der Waals surface area (Å²) in [5, 5.41) is 10.5. The highest BCUT2D eigenvalue weighted by atomic mass is 15.1. The molecule has 0 bridgehead atoms. The Morgan fingerprint density at radius 2 is 0.557 bits per heavy atom. The van der Waals surface area contributed by atoms with E-state index in [1.54, 1.807) is 6.20 Å². The lowest BCUT2D eigenvalue weighted by Gasteiger charge is -2.18. The first-order chi connectivity index (χ1) is 64.9. The number of imidazole rings is 1. The Labute approximate surface area is 759 Å². The third kappa shape index (κ3) is 15.7. The average Bonchev–Trinajstić information content (AvgIpc) is 1.31. The molecule has 17 aromatic carbocycles. The van der Waals surface area contributed by atoms with Gasteiger partial charge in [-0.2, -0.15) is 0 Å². The van der Waals surface area contributed by atoms with Crippen LogP contribution in [0.4, 0.5) is 0 Å². The number of rotatable bonds is 15. The number of aromatic nitrogens is 9. The van der Waals surface area contributed by atoms with Crippen LogP contribution in [-0.2, 0) is 6.42 Å². The summed E-state index contributed by atoms with van der Waals surface area (Å²) in [6, 6.07) is 161. The molecule has 7 aromatic heterocycles. The van der Waals surface area contributed by atoms with Gasteiger partial charge < -0.3 is 0 Å². The first-order valence-corrected chi connectivity index (χ1v) is 44.4. The van der Waals surface area contributed by atoms with E-state index in [1.807, 2.05) is 72.9 Å². The zero-order valence-electron chi connectivity index (χ0n) is 71.8. The van der Waals surface area contributed by atoms with Crippen molar-refractivity contribution in [3.05, 3.63) is 479 Å². The topological polar surface area (TPSA) is 108 Å². The molecular formula is C122H83N9. The molecule has 9 nitrogen and oxygen atoms in total. The number of aryl methyl sites for hydroxylation is 1. The molecule has 0 radical (unpaired) electrons. The molecule has 131 heavy (non-hydrogen) atoms. The molecule has 0 aliphatic carbocycles. The summed E-state index contributed by atoms with van der Waals surface area (Å²) in [5.74, 6) is 1.76. The van der Waals surface area contributed by atoms with Gasteiger partial charge >= 0.3 is 0 Å². The average molecular weight is 1680 g/mol. The van der Waals surface area contributed by atoms with Crippen LogP contribution in [0.2, 0.25) is 0 Å². The molecule has 0 N–H and O–H groups in total. The van der Waals surface area contributed by atoms with Crippen molar-refractivity contribution in [2.75, 3.05) is 0 Å². The molecule has 24 aromatic rings. The van der Waals surface area contributed by atoms with E-state index in [0.717, 1.165) is 184 Å². The Morgan fingerprint density at radius 1 is 0.214 bits per heavy atom. The van der Waals surface area contributed by atoms with Crippen molar-refractivity contribution in [1.82, 2.24) is 44.4 Å². The Bertz CT molecular complexity index is 8220. The predicted molar refractivity (Wildman–Crippen MR) is 544 cm³/mol. The van der Waals surface area contributed by atoms with Gasteiger partial charge in [0.15, 0.2) is 5.82 Å². The normalized spacial score (nSPS) is 11.3. The van der Waals surface area contributed by atoms with Crippen LogP contribution in [0.3, 0.4) is 0 Å². The van der Waals surface area contributed by atoms with Crippen LogP contribution in [0.5, 0.6) is 0 Å². The Kier molecular flexibility index (Phi) is 21.6. The zero-order valence-corrected chi connectivity index (χ0v) is 71.8. The van der Waals surface area contributed by atoms with Crippen LogP contribution in [0.15, 0.2) is 473 Å². The molecule has 0 fully saturated rings. The Morgan fingerprint density at radius 3 is 0.954 bits per heavy atom. The highest BCUT2D eigenvalue weighted by Crippen LogP contribution is 2.47. The molecule has 0 atom stereocenters. The number of nitrogens with zero attached hydrogens (tertiary/aromatic N) is 9. The second-order valence-electron chi connectivity index (χ2n) is 32.6. The lowest BCUT2D eigenvalue weighted by atomic mass is 9.90. The van der Waals surface area contributed by atoms with E-state index in [0.29, 0.717) is 5.82 Å². The van der Waals surface area contributed by atoms with Gasteiger partial charge in [0, 0.05) is 117 Å². The van der Waals surface area contributed by atoms with Gasteiger partial charge in [0.1, 0.15) is 5.82 Å². The van der Waals surface area contributed by atoms with Gasteiger partial charge in [-0.15, -0.1) is 0 Å². The van der Waals surface area contributed by atoms with Crippen LogP contribution in [-0.4, -0.2) is 44.4 Å². The number of hydrogen-bond acceptors (Lipinski definition) is 8. The molecule has 0 aliphatic rings. The summed E-state index contributed by atoms with van der Waals surface area (Å²) in [4.78, 5) is 40.5. The third-order valence-corrected chi connectivity index (χ3v) is 24.6. The van der Waals surface area contributed by atoms with E-state index in [-0.39, 0.29) is 0 Å². The molecule has 0 saturated heterocycles. The van der Waals surface area contributed by atoms with E-state index in [4.69, 9.17) is 34.9 Å². The lowest BCUT2D eigenvalue weighted by Crippen LogP contribution is -2.01. The van der Waals surface area contributed by atoms with E-state index in [1.165, 1.54) is 49.5 Å². The fourth-order valence-corrected chi connectivity index (χ4v) is 18.4. The van der Waals surface area contributed by atoms with Gasteiger partial charge in [0.2, 0.25) is 0 Å². The molecule has 0 aliphatic heterocycles. The monoisotopic (exact) mass is 1670 g/mol. The molecule has 0 spiro atoms. The molecule has 0 amide bonds. The van der Waals surface area contributed by atoms with Crippen LogP contribution in [0.25, 0.3) is 228 Å². The minimum Gasteiger partial charge on any atom is -0.296 e. The van der Waals surface area contributed by atoms with E-state index < -0.39 is 0 Å². The van der Waals surface area contributed by atoms with Crippen molar-refractivity contribution in [3.8, 4) is 152 Å². The van der Waals surface area contributed by atoms with Gasteiger partial charge in [0.25, 0.3) is 0 Å². The van der Waals surface area contributed by atoms with Gasteiger partial charge in [-0.1, -0.05) is 407 Å². The Balaban J connectivity index is 0.000000116. The second kappa shape index (κ2) is 35.6. The minimum atomic E-state index is 0.691. The van der Waals surface area contributed by atoms with Crippen molar-refractivity contribution < 1.29 is 0 Å². The van der Waals surface area contributed by atoms with Crippen molar-refractivity contribution >= 4 is 76.1 Å². The van der Waals surface area contributed by atoms with Crippen LogP contribution < -0.4 is 0 Å². The van der Waals surface area contributed by atoms with Crippen LogP contribution >= 0.6 is 0 Å². The van der Waals surface area contributed by atoms with Crippen molar-refractivity contribution in [1.29, 1.82) is 0 Å². The molecule has 24 rings (SSSR count). The predicted octanol–water partition coefficient (Wildman–Crippen LogP) is 31.3. The number of fused-ring (bicyclic) bond motifs is 10. The van der Waals surface area contributed by atoms with Crippen molar-refractivity contribution in [2.45, 2.75) is 13.3 Å². The second-order valence-corrected chi connectivity index (χ2v) is 32.6. The Hall–Kier alpha value is -17.4. The largest absolute Gasteiger partial charge is 0.296 e. The smallest absolute Gasteiger partial charge is 0.160 e. The summed E-state index contributed by atoms with van der Waals surface area (Å²) >= 11 is 0. The summed E-state index contributed by atoms with van der Waals surface area (Å²) in [6.45, 7) is 2.16. The van der Waals surface area contributed by atoms with Gasteiger partial charge in [-0.25, -0.2) is 29.9 Å². The summed E-state index contributed by atoms with van der Waals surface area (Å²) in [5.41, 5.74) is 32.6. The molecule has 0 unspecified atom stereocenters. The third-order valence-electron chi connectivity index (χ3n) is 24.6. The quantitative estimate of drug-likeness (QED) is 0.0934. The molecule has 0 saturated carbocycles. The number of hydrogen-bond donors (Lipinski definition) is 0. The van der Waals surface area contributed by atoms with Gasteiger partial charge in [-0.3, -0.25) is 14.5 Å². The van der Waals surface area contributed by atoms with E-state index >= 15 is 0 Å². The number of para-hydroxylation sites is 2. The maximum atomic E-state index is 5.42. The minimum absolute atomic E-state index is 0.691. The maximum Gasteiger partial charge on any atom is 0.160 e. The zero-order chi connectivity index (χ0) is 87.3. The fraction of sp³-hybridized carbons (Fsp3) is 0.0164. The highest BCUT2D eigenvalue weighted by Gasteiger charge is 2.25. The maximum absolute atomic E-state index is 5.42. The first kappa shape index (κ1) is 79.5. The number of pyridine rings is 5. The highest BCUT2D eigenvalue weighted by molar-refractivity contribution is 6.21. The van der Waals surface area contributed by atoms with E-state index in [9.17, 15) is 0 Å². The van der Waals surface area contributed by atoms with Crippen LogP contribution in [0, 0.1) is 0 Å². The molecule has 616 valence electrons. The lowest BCUT2D eigenvalue weighted by molar-refractivity contribution is 0.908. The van der Waals surface area contributed by atoms with Crippen molar-refractivity contribution in [3.63, 3.8) is 0 Å². The van der Waals surface area contributed by atoms with Gasteiger partial charge in [0.05, 0.1) is 67.4 Å². The first-order valence-electron chi connectivity index (χ1n) is 44.4. The standard InChI is InChI=1S/C47H31N3.C40H29N3.C35H23N3/c1-6-17-32(18-7-1)38-27-16-28-40-43(38)39-30-29-37(31-41(39)48-44(40)33-19-8-2-9-20-33)42-45(34-21-10-3-11-22-34)49-47(36-25-14-5-15-26-36)50-46(42)35-23-12-4-13-24-35;1-2-38-41-35-18-9-10-19-37(35)43(38)31-23-20-27(21-24-31)30-22-25-33-36(26-30)42-40(29-14-7-4-8-15-29)34-17-11-16-32(39(33)34)28-12-5-3-6-13-28;1-3-10-24(11-4-1)28-14-9-15-30-34(28)29-19-17-26(22-33(29)38-35(30)25-12-5-2-6-13-25)27-18-20-32(37-23-27)31-16-7-8-21-36-31/h1-31H;3-26H,2H2,1H3;1-23H. The molecular weight excluding hydrogens is 1590 g/mol. The van der Waals surface area contributed by atoms with Crippen molar-refractivity contribution in [2.24, 2.45) is 0 Å². The SMILES string of the molecule is CCc1nc2ccccc2n1-c1ccc(-c2ccc3c(c2)nc(-c2ccccc2)c2cccc(-c4ccccc4)c23)cc1.c1ccc(-c2nc(-c3ccccc3)c(-c3ccc4c(c3)nc(-c3ccccc3)c3cccc(-c5ccccc5)c34)c(-c3ccccc3)n2)cc1.c1ccc(-c2nc3cc(-c4ccc(-c5ccccn5)nc4)ccc3c3c(-c4ccccc4)cccc23)cc1. The summed E-state index contributed by atoms with van der Waals surface area (Å²) < 4.78 is 2.27. The van der Waals surface area contributed by atoms with Crippen LogP contribution in [0.1, 0.15) is 12.7 Å². The fourth-order valence-electron chi connectivity index (χ4n) is 18.4. The van der Waals surface area contributed by atoms with E-state index in [2.05, 4.69) is 411 Å². The molecule has 7 heterocycles. The van der Waals surface area contributed by atoms with Gasteiger partial charge in [-0.05, 0) is 116 Å².